The van der Waals surface area contributed by atoms with Gasteiger partial charge in [-0.1, -0.05) is 13.3 Å². The molecule has 0 saturated carbocycles. The number of rotatable bonds is 2. The van der Waals surface area contributed by atoms with Crippen molar-refractivity contribution in [2.24, 2.45) is 5.92 Å². The third-order valence-corrected chi connectivity index (χ3v) is 4.11. The molecular formula is C12H24N2. The number of nitrogens with zero attached hydrogens (tertiary/aromatic N) is 1. The summed E-state index contributed by atoms with van der Waals surface area (Å²) >= 11 is 0. The van der Waals surface area contributed by atoms with Gasteiger partial charge in [-0.05, 0) is 38.6 Å². The Bertz CT molecular complexity index is 175. The minimum atomic E-state index is 0.822. The Labute approximate surface area is 88.1 Å². The molecule has 0 aliphatic carbocycles. The van der Waals surface area contributed by atoms with Gasteiger partial charge < -0.3 is 5.32 Å². The molecule has 2 heterocycles. The first-order valence-electron chi connectivity index (χ1n) is 6.27. The topological polar surface area (TPSA) is 15.3 Å². The molecular weight excluding hydrogens is 172 g/mol. The fourth-order valence-electron chi connectivity index (χ4n) is 2.98. The van der Waals surface area contributed by atoms with Crippen LogP contribution >= 0.6 is 0 Å². The van der Waals surface area contributed by atoms with Gasteiger partial charge in [-0.3, -0.25) is 4.90 Å². The second kappa shape index (κ2) is 4.63. The van der Waals surface area contributed by atoms with E-state index in [0.29, 0.717) is 0 Å². The van der Waals surface area contributed by atoms with E-state index in [1.54, 1.807) is 0 Å². The van der Waals surface area contributed by atoms with Crippen LogP contribution in [0.5, 0.6) is 0 Å². The van der Waals surface area contributed by atoms with Crippen molar-refractivity contribution in [1.29, 1.82) is 0 Å². The number of hydrogen-bond donors (Lipinski definition) is 1. The maximum Gasteiger partial charge on any atom is 0.0235 e. The van der Waals surface area contributed by atoms with E-state index in [-0.39, 0.29) is 0 Å². The number of piperidine rings is 1. The molecule has 0 bridgehead atoms. The zero-order valence-corrected chi connectivity index (χ0v) is 9.63. The minimum Gasteiger partial charge on any atom is -0.315 e. The predicted octanol–water partition coefficient (Wildman–Crippen LogP) is 1.86. The van der Waals surface area contributed by atoms with Crippen molar-refractivity contribution in [2.75, 3.05) is 19.6 Å². The van der Waals surface area contributed by atoms with Gasteiger partial charge in [0, 0.05) is 25.2 Å². The number of hydrogen-bond acceptors (Lipinski definition) is 2. The van der Waals surface area contributed by atoms with E-state index in [9.17, 15) is 0 Å². The van der Waals surface area contributed by atoms with Crippen LogP contribution in [0, 0.1) is 5.92 Å². The van der Waals surface area contributed by atoms with Gasteiger partial charge in [0.2, 0.25) is 0 Å². The first kappa shape index (κ1) is 10.4. The largest absolute Gasteiger partial charge is 0.315 e. The summed E-state index contributed by atoms with van der Waals surface area (Å²) in [6, 6.07) is 1.65. The van der Waals surface area contributed by atoms with Crippen molar-refractivity contribution >= 4 is 0 Å². The average molecular weight is 196 g/mol. The molecule has 1 N–H and O–H groups in total. The molecule has 2 rings (SSSR count). The van der Waals surface area contributed by atoms with Crippen molar-refractivity contribution < 1.29 is 0 Å². The van der Waals surface area contributed by atoms with E-state index in [1.165, 1.54) is 45.3 Å². The van der Waals surface area contributed by atoms with Gasteiger partial charge in [0.05, 0.1) is 0 Å². The molecule has 2 aliphatic heterocycles. The molecule has 2 nitrogen and oxygen atoms in total. The highest BCUT2D eigenvalue weighted by atomic mass is 15.2. The highest BCUT2D eigenvalue weighted by Crippen LogP contribution is 2.27. The van der Waals surface area contributed by atoms with Crippen LogP contribution in [0.2, 0.25) is 0 Å². The second-order valence-corrected chi connectivity index (χ2v) is 5.04. The summed E-state index contributed by atoms with van der Waals surface area (Å²) in [6.45, 7) is 8.55. The number of nitrogens with one attached hydrogen (secondary N) is 1. The summed E-state index contributed by atoms with van der Waals surface area (Å²) in [4.78, 5) is 2.76. The maximum absolute atomic E-state index is 3.48. The van der Waals surface area contributed by atoms with Gasteiger partial charge in [0.25, 0.3) is 0 Å². The quantitative estimate of drug-likeness (QED) is 0.725. The molecule has 82 valence electrons. The van der Waals surface area contributed by atoms with Crippen molar-refractivity contribution in [3.05, 3.63) is 0 Å². The van der Waals surface area contributed by atoms with Crippen LogP contribution in [0.15, 0.2) is 0 Å². The molecule has 2 aliphatic rings. The zero-order chi connectivity index (χ0) is 9.97. The highest BCUT2D eigenvalue weighted by Gasteiger charge is 2.31. The SMILES string of the molecule is CC[C@@H]1CC[C@H](C)N(C2CCNC2)C1. The number of likely N-dealkylation sites (tertiary alicyclic amines) is 1. The smallest absolute Gasteiger partial charge is 0.0235 e. The Morgan fingerprint density at radius 3 is 2.79 bits per heavy atom. The Morgan fingerprint density at radius 1 is 1.29 bits per heavy atom. The minimum absolute atomic E-state index is 0.822. The van der Waals surface area contributed by atoms with Gasteiger partial charge in [-0.25, -0.2) is 0 Å². The third kappa shape index (κ3) is 2.12. The molecule has 1 unspecified atom stereocenters. The molecule has 3 atom stereocenters. The van der Waals surface area contributed by atoms with Crippen LogP contribution in [0.4, 0.5) is 0 Å². The summed E-state index contributed by atoms with van der Waals surface area (Å²) < 4.78 is 0. The fraction of sp³-hybridized carbons (Fsp3) is 1.00. The average Bonchev–Trinajstić information content (AvgIpc) is 2.71. The van der Waals surface area contributed by atoms with Crippen molar-refractivity contribution in [2.45, 2.75) is 51.6 Å². The summed E-state index contributed by atoms with van der Waals surface area (Å²) in [7, 11) is 0. The van der Waals surface area contributed by atoms with Crippen molar-refractivity contribution in [3.63, 3.8) is 0 Å². The van der Waals surface area contributed by atoms with Crippen molar-refractivity contribution in [1.82, 2.24) is 10.2 Å². The molecule has 0 amide bonds. The molecule has 0 aromatic carbocycles. The van der Waals surface area contributed by atoms with E-state index in [1.807, 2.05) is 0 Å². The summed E-state index contributed by atoms with van der Waals surface area (Å²) in [6.07, 6.45) is 5.59. The van der Waals surface area contributed by atoms with E-state index < -0.39 is 0 Å². The van der Waals surface area contributed by atoms with Crippen molar-refractivity contribution in [3.8, 4) is 0 Å². The summed E-state index contributed by atoms with van der Waals surface area (Å²) in [5.74, 6) is 0.965. The third-order valence-electron chi connectivity index (χ3n) is 4.11. The van der Waals surface area contributed by atoms with Gasteiger partial charge in [-0.15, -0.1) is 0 Å². The molecule has 2 fully saturated rings. The van der Waals surface area contributed by atoms with Crippen LogP contribution in [0.25, 0.3) is 0 Å². The first-order valence-corrected chi connectivity index (χ1v) is 6.27. The van der Waals surface area contributed by atoms with Crippen LogP contribution in [-0.2, 0) is 0 Å². The fourth-order valence-corrected chi connectivity index (χ4v) is 2.98. The highest BCUT2D eigenvalue weighted by molar-refractivity contribution is 4.87. The van der Waals surface area contributed by atoms with Crippen LogP contribution in [0.3, 0.4) is 0 Å². The van der Waals surface area contributed by atoms with E-state index >= 15 is 0 Å². The van der Waals surface area contributed by atoms with E-state index in [2.05, 4.69) is 24.1 Å². The van der Waals surface area contributed by atoms with Gasteiger partial charge in [0.15, 0.2) is 0 Å². The first-order chi connectivity index (χ1) is 6.81. The Morgan fingerprint density at radius 2 is 2.14 bits per heavy atom. The Hall–Kier alpha value is -0.0800. The Balaban J connectivity index is 1.93. The molecule has 0 spiro atoms. The normalized spacial score (nSPS) is 40.3. The lowest BCUT2D eigenvalue weighted by Gasteiger charge is -2.41. The summed E-state index contributed by atoms with van der Waals surface area (Å²) in [5, 5.41) is 3.48. The zero-order valence-electron chi connectivity index (χ0n) is 9.63. The second-order valence-electron chi connectivity index (χ2n) is 5.04. The van der Waals surface area contributed by atoms with Gasteiger partial charge >= 0.3 is 0 Å². The molecule has 2 heteroatoms. The predicted molar refractivity (Wildman–Crippen MR) is 60.5 cm³/mol. The van der Waals surface area contributed by atoms with Crippen LogP contribution in [0.1, 0.15) is 39.5 Å². The lowest BCUT2D eigenvalue weighted by Crippen LogP contribution is -2.48. The van der Waals surface area contributed by atoms with E-state index in [0.717, 1.165) is 18.0 Å². The summed E-state index contributed by atoms with van der Waals surface area (Å²) in [5.41, 5.74) is 0. The molecule has 0 aromatic heterocycles. The lowest BCUT2D eigenvalue weighted by atomic mass is 9.90. The van der Waals surface area contributed by atoms with Crippen LogP contribution < -0.4 is 5.32 Å². The molecule has 2 saturated heterocycles. The monoisotopic (exact) mass is 196 g/mol. The van der Waals surface area contributed by atoms with Gasteiger partial charge in [0.1, 0.15) is 0 Å². The molecule has 0 radical (unpaired) electrons. The van der Waals surface area contributed by atoms with E-state index in [4.69, 9.17) is 0 Å². The Kier molecular flexibility index (Phi) is 3.45. The maximum atomic E-state index is 3.48. The van der Waals surface area contributed by atoms with Gasteiger partial charge in [-0.2, -0.15) is 0 Å². The molecule has 0 aromatic rings. The lowest BCUT2D eigenvalue weighted by molar-refractivity contribution is 0.0779. The standard InChI is InChI=1S/C12H24N2/c1-3-11-5-4-10(2)14(9-11)12-6-7-13-8-12/h10-13H,3-9H2,1-2H3/t10-,11+,12?/m0/s1. The van der Waals surface area contributed by atoms with Crippen LogP contribution in [-0.4, -0.2) is 36.6 Å². The molecule has 14 heavy (non-hydrogen) atoms.